The van der Waals surface area contributed by atoms with Crippen LogP contribution in [0.1, 0.15) is 5.56 Å². The van der Waals surface area contributed by atoms with Crippen LogP contribution in [0, 0.1) is 5.82 Å². The Morgan fingerprint density at radius 1 is 1.19 bits per heavy atom. The number of aliphatic hydroxyl groups excluding tert-OH is 2. The molecule has 0 spiro atoms. The third-order valence-electron chi connectivity index (χ3n) is 2.26. The van der Waals surface area contributed by atoms with Gasteiger partial charge in [0.1, 0.15) is 5.82 Å². The summed E-state index contributed by atoms with van der Waals surface area (Å²) in [6.45, 7) is 1.25. The van der Waals surface area contributed by atoms with E-state index in [9.17, 15) is 4.39 Å². The fourth-order valence-corrected chi connectivity index (χ4v) is 1.65. The van der Waals surface area contributed by atoms with E-state index in [1.54, 1.807) is 17.0 Å². The quantitative estimate of drug-likeness (QED) is 0.796. The number of rotatable bonds is 6. The maximum atomic E-state index is 13.2. The fourth-order valence-electron chi connectivity index (χ4n) is 1.46. The lowest BCUT2D eigenvalue weighted by molar-refractivity contribution is 0.156. The lowest BCUT2D eigenvalue weighted by Crippen LogP contribution is -2.29. The Bertz CT molecular complexity index is 330. The lowest BCUT2D eigenvalue weighted by atomic mass is 10.2. The molecule has 0 heterocycles. The van der Waals surface area contributed by atoms with Gasteiger partial charge in [0.2, 0.25) is 0 Å². The highest BCUT2D eigenvalue weighted by Crippen LogP contribution is 2.20. The summed E-state index contributed by atoms with van der Waals surface area (Å²) in [5.41, 5.74) is 0.656. The first-order valence-corrected chi connectivity index (χ1v) is 5.43. The number of hydrogen-bond donors (Lipinski definition) is 2. The molecule has 0 saturated heterocycles. The summed E-state index contributed by atoms with van der Waals surface area (Å²) in [6.07, 6.45) is 0. The molecule has 0 radical (unpaired) electrons. The average Bonchev–Trinajstić information content (AvgIpc) is 2.25. The maximum absolute atomic E-state index is 13.2. The fraction of sp³-hybridized carbons (Fsp3) is 0.455. The predicted octanol–water partition coefficient (Wildman–Crippen LogP) is 1.27. The van der Waals surface area contributed by atoms with Crippen LogP contribution in [0.4, 0.5) is 4.39 Å². The molecular formula is C11H15ClFNO2. The molecular weight excluding hydrogens is 233 g/mol. The van der Waals surface area contributed by atoms with Crippen molar-refractivity contribution < 1.29 is 14.6 Å². The normalized spacial score (nSPS) is 11.1. The second-order valence-electron chi connectivity index (χ2n) is 3.44. The van der Waals surface area contributed by atoms with Crippen molar-refractivity contribution in [2.24, 2.45) is 0 Å². The van der Waals surface area contributed by atoms with E-state index in [1.807, 2.05) is 0 Å². The molecule has 2 N–H and O–H groups in total. The number of aliphatic hydroxyl groups is 2. The van der Waals surface area contributed by atoms with Crippen LogP contribution >= 0.6 is 11.6 Å². The molecule has 1 aromatic rings. The first-order valence-electron chi connectivity index (χ1n) is 5.06. The van der Waals surface area contributed by atoms with Crippen molar-refractivity contribution in [1.82, 2.24) is 4.90 Å². The van der Waals surface area contributed by atoms with E-state index in [2.05, 4.69) is 0 Å². The van der Waals surface area contributed by atoms with Gasteiger partial charge < -0.3 is 10.2 Å². The van der Waals surface area contributed by atoms with Crippen LogP contribution < -0.4 is 0 Å². The van der Waals surface area contributed by atoms with Gasteiger partial charge in [0.05, 0.1) is 18.2 Å². The van der Waals surface area contributed by atoms with Crippen molar-refractivity contribution in [2.75, 3.05) is 26.3 Å². The van der Waals surface area contributed by atoms with Gasteiger partial charge in [-0.05, 0) is 11.6 Å². The molecule has 0 unspecified atom stereocenters. The Labute approximate surface area is 99.1 Å². The smallest absolute Gasteiger partial charge is 0.142 e. The van der Waals surface area contributed by atoms with Crippen molar-refractivity contribution in [1.29, 1.82) is 0 Å². The molecule has 0 bridgehead atoms. The van der Waals surface area contributed by atoms with Crippen molar-refractivity contribution in [3.8, 4) is 0 Å². The first-order chi connectivity index (χ1) is 7.69. The minimum Gasteiger partial charge on any atom is -0.395 e. The molecule has 5 heteroatoms. The van der Waals surface area contributed by atoms with Crippen molar-refractivity contribution in [3.05, 3.63) is 34.6 Å². The standard InChI is InChI=1S/C11H15ClFNO2/c12-11-9(2-1-3-10(11)13)8-14(4-6-15)5-7-16/h1-3,15-16H,4-8H2. The van der Waals surface area contributed by atoms with E-state index in [0.29, 0.717) is 25.2 Å². The van der Waals surface area contributed by atoms with Crippen LogP contribution in [0.3, 0.4) is 0 Å². The van der Waals surface area contributed by atoms with Gasteiger partial charge >= 0.3 is 0 Å². The van der Waals surface area contributed by atoms with E-state index in [-0.39, 0.29) is 18.2 Å². The molecule has 0 aliphatic heterocycles. The summed E-state index contributed by atoms with van der Waals surface area (Å²) >= 11 is 5.81. The van der Waals surface area contributed by atoms with E-state index < -0.39 is 5.82 Å². The molecule has 90 valence electrons. The number of benzene rings is 1. The van der Waals surface area contributed by atoms with Crippen LogP contribution in [0.2, 0.25) is 5.02 Å². The monoisotopic (exact) mass is 247 g/mol. The zero-order chi connectivity index (χ0) is 12.0. The minimum absolute atomic E-state index is 0.00701. The van der Waals surface area contributed by atoms with Gasteiger partial charge in [-0.1, -0.05) is 23.7 Å². The molecule has 0 aliphatic carbocycles. The highest BCUT2D eigenvalue weighted by molar-refractivity contribution is 6.31. The largest absolute Gasteiger partial charge is 0.395 e. The molecule has 3 nitrogen and oxygen atoms in total. The lowest BCUT2D eigenvalue weighted by Gasteiger charge is -2.20. The summed E-state index contributed by atoms with van der Waals surface area (Å²) in [5, 5.41) is 17.8. The minimum atomic E-state index is -0.452. The molecule has 0 amide bonds. The van der Waals surface area contributed by atoms with E-state index in [4.69, 9.17) is 21.8 Å². The highest BCUT2D eigenvalue weighted by Gasteiger charge is 2.10. The van der Waals surface area contributed by atoms with Crippen LogP contribution in [0.25, 0.3) is 0 Å². The van der Waals surface area contributed by atoms with E-state index in [1.165, 1.54) is 6.07 Å². The molecule has 1 aromatic carbocycles. The molecule has 1 rings (SSSR count). The summed E-state index contributed by atoms with van der Waals surface area (Å²) in [6, 6.07) is 4.62. The predicted molar refractivity (Wildman–Crippen MR) is 60.9 cm³/mol. The Kier molecular flexibility index (Phi) is 5.69. The molecule has 0 fully saturated rings. The van der Waals surface area contributed by atoms with E-state index in [0.717, 1.165) is 0 Å². The van der Waals surface area contributed by atoms with E-state index >= 15 is 0 Å². The van der Waals surface area contributed by atoms with Gasteiger partial charge in [0.25, 0.3) is 0 Å². The summed E-state index contributed by atoms with van der Waals surface area (Å²) in [7, 11) is 0. The van der Waals surface area contributed by atoms with Crippen LogP contribution in [-0.2, 0) is 6.54 Å². The maximum Gasteiger partial charge on any atom is 0.142 e. The van der Waals surface area contributed by atoms with Gasteiger partial charge in [0, 0.05) is 19.6 Å². The second kappa shape index (κ2) is 6.81. The Morgan fingerprint density at radius 2 is 1.81 bits per heavy atom. The Hall–Kier alpha value is -0.680. The zero-order valence-corrected chi connectivity index (χ0v) is 9.62. The topological polar surface area (TPSA) is 43.7 Å². The van der Waals surface area contributed by atoms with Gasteiger partial charge in [-0.15, -0.1) is 0 Å². The first kappa shape index (κ1) is 13.4. The SMILES string of the molecule is OCCN(CCO)Cc1cccc(F)c1Cl. The second-order valence-corrected chi connectivity index (χ2v) is 3.81. The van der Waals surface area contributed by atoms with Crippen molar-refractivity contribution in [2.45, 2.75) is 6.54 Å². The van der Waals surface area contributed by atoms with Gasteiger partial charge in [0.15, 0.2) is 0 Å². The average molecular weight is 248 g/mol. The number of halogens is 2. The Morgan fingerprint density at radius 3 is 2.38 bits per heavy atom. The highest BCUT2D eigenvalue weighted by atomic mass is 35.5. The molecule has 0 aliphatic rings. The summed E-state index contributed by atoms with van der Waals surface area (Å²) < 4.78 is 13.2. The van der Waals surface area contributed by atoms with Crippen LogP contribution in [0.15, 0.2) is 18.2 Å². The molecule has 0 saturated carbocycles. The third-order valence-corrected chi connectivity index (χ3v) is 2.68. The van der Waals surface area contributed by atoms with Crippen molar-refractivity contribution in [3.63, 3.8) is 0 Å². The third kappa shape index (κ3) is 3.72. The number of hydrogen-bond acceptors (Lipinski definition) is 3. The molecule has 0 aromatic heterocycles. The van der Waals surface area contributed by atoms with Crippen LogP contribution in [0.5, 0.6) is 0 Å². The summed E-state index contributed by atoms with van der Waals surface area (Å²) in [4.78, 5) is 1.81. The number of nitrogens with zero attached hydrogens (tertiary/aromatic N) is 1. The van der Waals surface area contributed by atoms with Crippen molar-refractivity contribution >= 4 is 11.6 Å². The zero-order valence-electron chi connectivity index (χ0n) is 8.87. The Balaban J connectivity index is 2.72. The van der Waals surface area contributed by atoms with Gasteiger partial charge in [-0.3, -0.25) is 4.90 Å². The van der Waals surface area contributed by atoms with Gasteiger partial charge in [-0.2, -0.15) is 0 Å². The van der Waals surface area contributed by atoms with Crippen LogP contribution in [-0.4, -0.2) is 41.4 Å². The van der Waals surface area contributed by atoms with Gasteiger partial charge in [-0.25, -0.2) is 4.39 Å². The molecule has 16 heavy (non-hydrogen) atoms. The molecule has 0 atom stereocenters. The summed E-state index contributed by atoms with van der Waals surface area (Å²) in [5.74, 6) is -0.452.